The highest BCUT2D eigenvalue weighted by molar-refractivity contribution is 7.98. The Morgan fingerprint density at radius 1 is 1.14 bits per heavy atom. The number of thioether (sulfide) groups is 1. The molecule has 1 N–H and O–H groups in total. The second kappa shape index (κ2) is 6.82. The fraction of sp³-hybridized carbons (Fsp3) is 0.294. The predicted molar refractivity (Wildman–Crippen MR) is 87.3 cm³/mol. The van der Waals surface area contributed by atoms with Gasteiger partial charge in [0.15, 0.2) is 0 Å². The largest absolute Gasteiger partial charge is 0.310 e. The van der Waals surface area contributed by atoms with E-state index in [9.17, 15) is 4.39 Å². The van der Waals surface area contributed by atoms with E-state index >= 15 is 0 Å². The first-order valence-electron chi connectivity index (χ1n) is 7.10. The van der Waals surface area contributed by atoms with Crippen molar-refractivity contribution in [1.82, 2.24) is 5.32 Å². The number of halogens is 2. The molecule has 2 aromatic rings. The lowest BCUT2D eigenvalue weighted by atomic mass is 10.2. The van der Waals surface area contributed by atoms with Gasteiger partial charge in [0.25, 0.3) is 0 Å². The monoisotopic (exact) mass is 321 g/mol. The van der Waals surface area contributed by atoms with Crippen LogP contribution in [0.5, 0.6) is 0 Å². The number of rotatable bonds is 6. The Balaban J connectivity index is 1.56. The summed E-state index contributed by atoms with van der Waals surface area (Å²) in [6.45, 7) is 0.936. The molecular weight excluding hydrogens is 305 g/mol. The molecule has 0 radical (unpaired) electrons. The van der Waals surface area contributed by atoms with Crippen molar-refractivity contribution in [3.8, 4) is 0 Å². The van der Waals surface area contributed by atoms with Crippen LogP contribution in [0.15, 0.2) is 47.4 Å². The van der Waals surface area contributed by atoms with Crippen LogP contribution in [-0.2, 0) is 12.3 Å². The zero-order chi connectivity index (χ0) is 14.7. The molecule has 1 saturated carbocycles. The summed E-state index contributed by atoms with van der Waals surface area (Å²) in [7, 11) is 0. The van der Waals surface area contributed by atoms with Crippen LogP contribution in [0.2, 0.25) is 5.02 Å². The van der Waals surface area contributed by atoms with E-state index in [0.29, 0.717) is 5.75 Å². The van der Waals surface area contributed by atoms with E-state index in [-0.39, 0.29) is 10.8 Å². The van der Waals surface area contributed by atoms with Crippen molar-refractivity contribution < 1.29 is 4.39 Å². The maximum absolute atomic E-state index is 13.4. The van der Waals surface area contributed by atoms with E-state index in [0.717, 1.165) is 18.2 Å². The highest BCUT2D eigenvalue weighted by Crippen LogP contribution is 2.28. The van der Waals surface area contributed by atoms with Gasteiger partial charge in [0.05, 0.1) is 5.02 Å². The SMILES string of the molecule is Fc1cccc(CSc2ccc(CNC3CC3)cc2)c1Cl. The molecule has 0 aliphatic heterocycles. The minimum absolute atomic E-state index is 0.232. The van der Waals surface area contributed by atoms with Crippen LogP contribution in [0, 0.1) is 5.82 Å². The lowest BCUT2D eigenvalue weighted by molar-refractivity contribution is 0.627. The van der Waals surface area contributed by atoms with Crippen molar-refractivity contribution in [3.63, 3.8) is 0 Å². The minimum atomic E-state index is -0.351. The third-order valence-corrected chi connectivity index (χ3v) is 5.01. The maximum Gasteiger partial charge on any atom is 0.142 e. The molecule has 1 fully saturated rings. The first-order chi connectivity index (χ1) is 10.2. The van der Waals surface area contributed by atoms with Crippen molar-refractivity contribution in [3.05, 3.63) is 64.4 Å². The molecule has 1 aliphatic carbocycles. The summed E-state index contributed by atoms with van der Waals surface area (Å²) in [6, 6.07) is 14.2. The second-order valence-electron chi connectivity index (χ2n) is 5.30. The summed E-state index contributed by atoms with van der Waals surface area (Å²) in [4.78, 5) is 1.17. The van der Waals surface area contributed by atoms with Crippen molar-refractivity contribution in [1.29, 1.82) is 0 Å². The van der Waals surface area contributed by atoms with Crippen molar-refractivity contribution >= 4 is 23.4 Å². The summed E-state index contributed by atoms with van der Waals surface area (Å²) in [5.41, 5.74) is 2.14. The zero-order valence-corrected chi connectivity index (χ0v) is 13.2. The van der Waals surface area contributed by atoms with E-state index in [1.165, 1.54) is 29.4 Å². The van der Waals surface area contributed by atoms with Gasteiger partial charge in [-0.15, -0.1) is 11.8 Å². The van der Waals surface area contributed by atoms with Gasteiger partial charge in [0, 0.05) is 23.2 Å². The molecular formula is C17H17ClFNS. The summed E-state index contributed by atoms with van der Waals surface area (Å²) in [5, 5.41) is 3.73. The molecule has 0 bridgehead atoms. The van der Waals surface area contributed by atoms with Gasteiger partial charge in [0.1, 0.15) is 5.82 Å². The van der Waals surface area contributed by atoms with Gasteiger partial charge in [-0.1, -0.05) is 35.9 Å². The molecule has 0 amide bonds. The van der Waals surface area contributed by atoms with Gasteiger partial charge in [-0.2, -0.15) is 0 Å². The molecule has 0 saturated heterocycles. The standard InChI is InChI=1S/C17H17ClFNS/c18-17-13(2-1-3-16(17)19)11-21-15-8-4-12(5-9-15)10-20-14-6-7-14/h1-5,8-9,14,20H,6-7,10-11H2. The van der Waals surface area contributed by atoms with Crippen LogP contribution in [0.3, 0.4) is 0 Å². The number of nitrogens with one attached hydrogen (secondary N) is 1. The third kappa shape index (κ3) is 4.22. The molecule has 0 heterocycles. The highest BCUT2D eigenvalue weighted by Gasteiger charge is 2.19. The summed E-state index contributed by atoms with van der Waals surface area (Å²) in [6.07, 6.45) is 2.62. The average Bonchev–Trinajstić information content (AvgIpc) is 3.32. The summed E-state index contributed by atoms with van der Waals surface area (Å²) < 4.78 is 13.4. The van der Waals surface area contributed by atoms with Crippen molar-refractivity contribution in [2.24, 2.45) is 0 Å². The topological polar surface area (TPSA) is 12.0 Å². The lowest BCUT2D eigenvalue weighted by Crippen LogP contribution is -2.14. The molecule has 110 valence electrons. The Hall–Kier alpha value is -1.03. The summed E-state index contributed by atoms with van der Waals surface area (Å²) in [5.74, 6) is 0.326. The minimum Gasteiger partial charge on any atom is -0.310 e. The van der Waals surface area contributed by atoms with Gasteiger partial charge in [-0.25, -0.2) is 4.39 Å². The predicted octanol–water partition coefficient (Wildman–Crippen LogP) is 5.02. The smallest absolute Gasteiger partial charge is 0.142 e. The van der Waals surface area contributed by atoms with E-state index < -0.39 is 0 Å². The first kappa shape index (κ1) is 14.9. The third-order valence-electron chi connectivity index (χ3n) is 3.52. The Labute approximate surface area is 133 Å². The Morgan fingerprint density at radius 2 is 1.90 bits per heavy atom. The van der Waals surface area contributed by atoms with E-state index in [1.807, 2.05) is 6.07 Å². The van der Waals surface area contributed by atoms with Gasteiger partial charge in [-0.05, 0) is 42.2 Å². The molecule has 1 nitrogen and oxygen atoms in total. The zero-order valence-electron chi connectivity index (χ0n) is 11.6. The molecule has 2 aromatic carbocycles. The van der Waals surface area contributed by atoms with Gasteiger partial charge in [-0.3, -0.25) is 0 Å². The Kier molecular flexibility index (Phi) is 4.84. The average molecular weight is 322 g/mol. The van der Waals surface area contributed by atoms with Crippen molar-refractivity contribution in [2.45, 2.75) is 36.1 Å². The molecule has 0 aromatic heterocycles. The molecule has 21 heavy (non-hydrogen) atoms. The quantitative estimate of drug-likeness (QED) is 0.749. The highest BCUT2D eigenvalue weighted by atomic mass is 35.5. The van der Waals surface area contributed by atoms with Crippen LogP contribution in [0.4, 0.5) is 4.39 Å². The van der Waals surface area contributed by atoms with Crippen LogP contribution in [0.25, 0.3) is 0 Å². The van der Waals surface area contributed by atoms with Gasteiger partial charge >= 0.3 is 0 Å². The lowest BCUT2D eigenvalue weighted by Gasteiger charge is -2.07. The molecule has 1 aliphatic rings. The fourth-order valence-electron chi connectivity index (χ4n) is 2.07. The van der Waals surface area contributed by atoms with E-state index in [1.54, 1.807) is 17.8 Å². The fourth-order valence-corrected chi connectivity index (χ4v) is 3.24. The molecule has 0 unspecified atom stereocenters. The van der Waals surface area contributed by atoms with Crippen LogP contribution < -0.4 is 5.32 Å². The summed E-state index contributed by atoms with van der Waals surface area (Å²) >= 11 is 7.64. The molecule has 3 rings (SSSR count). The number of hydrogen-bond donors (Lipinski definition) is 1. The maximum atomic E-state index is 13.4. The van der Waals surface area contributed by atoms with E-state index in [4.69, 9.17) is 11.6 Å². The van der Waals surface area contributed by atoms with Gasteiger partial charge < -0.3 is 5.32 Å². The number of benzene rings is 2. The van der Waals surface area contributed by atoms with Crippen LogP contribution >= 0.6 is 23.4 Å². The first-order valence-corrected chi connectivity index (χ1v) is 8.47. The molecule has 0 atom stereocenters. The van der Waals surface area contributed by atoms with Crippen LogP contribution in [-0.4, -0.2) is 6.04 Å². The molecule has 0 spiro atoms. The van der Waals surface area contributed by atoms with Gasteiger partial charge in [0.2, 0.25) is 0 Å². The molecule has 4 heteroatoms. The van der Waals surface area contributed by atoms with Crippen LogP contribution in [0.1, 0.15) is 24.0 Å². The Morgan fingerprint density at radius 3 is 2.62 bits per heavy atom. The Bertz CT molecular complexity index is 611. The second-order valence-corrected chi connectivity index (χ2v) is 6.73. The number of hydrogen-bond acceptors (Lipinski definition) is 2. The van der Waals surface area contributed by atoms with E-state index in [2.05, 4.69) is 29.6 Å². The van der Waals surface area contributed by atoms with Crippen molar-refractivity contribution in [2.75, 3.05) is 0 Å². The normalized spacial score (nSPS) is 14.4.